The van der Waals surface area contributed by atoms with Gasteiger partial charge in [0.25, 0.3) is 5.69 Å². The van der Waals surface area contributed by atoms with Crippen LogP contribution in [-0.4, -0.2) is 18.2 Å². The van der Waals surface area contributed by atoms with Crippen molar-refractivity contribution in [3.63, 3.8) is 0 Å². The molecule has 0 saturated heterocycles. The smallest absolute Gasteiger partial charge is 0.269 e. The topological polar surface area (TPSA) is 107 Å². The van der Waals surface area contributed by atoms with Crippen LogP contribution in [-0.2, 0) is 24.5 Å². The van der Waals surface area contributed by atoms with Gasteiger partial charge in [0.1, 0.15) is 13.2 Å². The van der Waals surface area contributed by atoms with E-state index < -0.39 is 4.92 Å². The van der Waals surface area contributed by atoms with Gasteiger partial charge in [-0.15, -0.1) is 6.58 Å². The zero-order chi connectivity index (χ0) is 24.3. The number of nitrogens with zero attached hydrogens (tertiary/aromatic N) is 3. The van der Waals surface area contributed by atoms with Crippen LogP contribution in [0.1, 0.15) is 27.8 Å². The second-order valence-electron chi connectivity index (χ2n) is 7.20. The predicted octanol–water partition coefficient (Wildman–Crippen LogP) is 5.33. The molecule has 0 aliphatic carbocycles. The molecule has 0 spiro atoms. The number of methoxy groups -OCH3 is 1. The summed E-state index contributed by atoms with van der Waals surface area (Å²) in [6.07, 6.45) is 3.80. The molecule has 3 aromatic carbocycles. The Labute approximate surface area is 197 Å². The maximum Gasteiger partial charge on any atom is 0.269 e. The Morgan fingerprint density at radius 1 is 1.12 bits per heavy atom. The lowest BCUT2D eigenvalue weighted by atomic mass is 10.1. The highest BCUT2D eigenvalue weighted by Gasteiger charge is 2.14. The number of nitro benzene ring substituents is 1. The van der Waals surface area contributed by atoms with Crippen LogP contribution < -0.4 is 9.47 Å². The summed E-state index contributed by atoms with van der Waals surface area (Å²) in [6, 6.07) is 19.2. The molecule has 172 valence electrons. The molecule has 0 unspecified atom stereocenters. The fourth-order valence-electron chi connectivity index (χ4n) is 3.26. The average molecular weight is 457 g/mol. The summed E-state index contributed by atoms with van der Waals surface area (Å²) < 4.78 is 11.5. The molecular weight excluding hydrogens is 434 g/mol. The first-order valence-corrected chi connectivity index (χ1v) is 10.4. The van der Waals surface area contributed by atoms with Gasteiger partial charge < -0.3 is 14.3 Å². The predicted molar refractivity (Wildman–Crippen MR) is 128 cm³/mol. The number of nitriles is 1. The van der Waals surface area contributed by atoms with Gasteiger partial charge in [0.2, 0.25) is 0 Å². The number of hydrogen-bond acceptors (Lipinski definition) is 7. The van der Waals surface area contributed by atoms with Crippen molar-refractivity contribution in [3.8, 4) is 17.6 Å². The van der Waals surface area contributed by atoms with Crippen molar-refractivity contribution in [3.05, 3.63) is 111 Å². The monoisotopic (exact) mass is 457 g/mol. The van der Waals surface area contributed by atoms with Gasteiger partial charge in [-0.05, 0) is 30.2 Å². The van der Waals surface area contributed by atoms with E-state index in [1.54, 1.807) is 42.6 Å². The van der Waals surface area contributed by atoms with E-state index in [0.717, 1.165) is 16.7 Å². The number of non-ortho nitro benzene ring substituents is 1. The fraction of sp³-hybridized carbons (Fsp3) is 0.154. The van der Waals surface area contributed by atoms with Gasteiger partial charge in [-0.2, -0.15) is 5.26 Å². The van der Waals surface area contributed by atoms with Crippen LogP contribution in [0.15, 0.2) is 78.5 Å². The minimum absolute atomic E-state index is 0.00309. The van der Waals surface area contributed by atoms with E-state index in [2.05, 4.69) is 17.8 Å². The molecule has 0 N–H and O–H groups in total. The van der Waals surface area contributed by atoms with Crippen molar-refractivity contribution in [2.45, 2.75) is 19.6 Å². The lowest BCUT2D eigenvalue weighted by Crippen LogP contribution is -2.03. The molecule has 0 aromatic heterocycles. The highest BCUT2D eigenvalue weighted by Crippen LogP contribution is 2.34. The van der Waals surface area contributed by atoms with E-state index in [0.29, 0.717) is 29.0 Å². The van der Waals surface area contributed by atoms with Gasteiger partial charge in [0.15, 0.2) is 11.5 Å². The first-order valence-electron chi connectivity index (χ1n) is 10.4. The van der Waals surface area contributed by atoms with Crippen LogP contribution >= 0.6 is 0 Å². The van der Waals surface area contributed by atoms with Gasteiger partial charge in [-0.1, -0.05) is 41.6 Å². The Bertz CT molecular complexity index is 1250. The molecule has 0 aliphatic rings. The molecule has 0 saturated carbocycles. The SMILES string of the molecule is C=CCc1cc(/C=N\OCc2ccccc2C#N)cc(OC)c1OCc1cccc([N+](=O)[O-])c1. The van der Waals surface area contributed by atoms with Crippen LogP contribution in [0.3, 0.4) is 0 Å². The number of ether oxygens (including phenoxy) is 2. The van der Waals surface area contributed by atoms with Gasteiger partial charge >= 0.3 is 0 Å². The number of oxime groups is 1. The Hall–Kier alpha value is -4.64. The van der Waals surface area contributed by atoms with Crippen molar-refractivity contribution in [2.24, 2.45) is 5.16 Å². The Kier molecular flexibility index (Phi) is 8.36. The van der Waals surface area contributed by atoms with Crippen molar-refractivity contribution < 1.29 is 19.2 Å². The zero-order valence-electron chi connectivity index (χ0n) is 18.6. The highest BCUT2D eigenvalue weighted by molar-refractivity contribution is 5.81. The van der Waals surface area contributed by atoms with Gasteiger partial charge in [-0.3, -0.25) is 10.1 Å². The molecule has 0 fully saturated rings. The quantitative estimate of drug-likeness (QED) is 0.167. The lowest BCUT2D eigenvalue weighted by Gasteiger charge is -2.15. The number of rotatable bonds is 11. The van der Waals surface area contributed by atoms with Gasteiger partial charge in [0.05, 0.1) is 29.9 Å². The molecule has 8 nitrogen and oxygen atoms in total. The van der Waals surface area contributed by atoms with E-state index in [1.807, 2.05) is 18.2 Å². The van der Waals surface area contributed by atoms with E-state index >= 15 is 0 Å². The molecule has 0 aliphatic heterocycles. The molecule has 0 heterocycles. The molecule has 0 radical (unpaired) electrons. The van der Waals surface area contributed by atoms with Gasteiger partial charge in [-0.25, -0.2) is 0 Å². The number of allylic oxidation sites excluding steroid dienone is 1. The summed E-state index contributed by atoms with van der Waals surface area (Å²) in [5, 5.41) is 24.2. The van der Waals surface area contributed by atoms with Crippen LogP contribution in [0.4, 0.5) is 5.69 Å². The molecule has 3 aromatic rings. The number of benzene rings is 3. The first kappa shape index (κ1) is 24.0. The van der Waals surface area contributed by atoms with E-state index in [9.17, 15) is 10.1 Å². The van der Waals surface area contributed by atoms with Crippen LogP contribution in [0.25, 0.3) is 0 Å². The maximum absolute atomic E-state index is 11.0. The normalized spacial score (nSPS) is 10.5. The first-order chi connectivity index (χ1) is 16.5. The molecule has 8 heteroatoms. The zero-order valence-corrected chi connectivity index (χ0v) is 18.6. The number of hydrogen-bond donors (Lipinski definition) is 0. The molecule has 0 amide bonds. The minimum Gasteiger partial charge on any atom is -0.493 e. The second-order valence-corrected chi connectivity index (χ2v) is 7.20. The molecular formula is C26H23N3O5. The van der Waals surface area contributed by atoms with Crippen LogP contribution in [0, 0.1) is 21.4 Å². The van der Waals surface area contributed by atoms with Crippen molar-refractivity contribution in [1.82, 2.24) is 0 Å². The highest BCUT2D eigenvalue weighted by atomic mass is 16.6. The van der Waals surface area contributed by atoms with Crippen LogP contribution in [0.5, 0.6) is 11.5 Å². The lowest BCUT2D eigenvalue weighted by molar-refractivity contribution is -0.384. The summed E-state index contributed by atoms with van der Waals surface area (Å²) in [6.45, 7) is 4.10. The summed E-state index contributed by atoms with van der Waals surface area (Å²) >= 11 is 0. The third-order valence-electron chi connectivity index (χ3n) is 4.88. The molecule has 3 rings (SSSR count). The molecule has 0 atom stereocenters. The standard InChI is InChI=1S/C26H23N3O5/c1-3-7-21-12-20(16-28-34-18-23-10-5-4-9-22(23)15-27)14-25(32-2)26(21)33-17-19-8-6-11-24(13-19)29(30)31/h3-6,8-14,16H,1,7,17-18H2,2H3/b28-16-. The largest absolute Gasteiger partial charge is 0.493 e. The van der Waals surface area contributed by atoms with Crippen molar-refractivity contribution >= 4 is 11.9 Å². The molecule has 0 bridgehead atoms. The summed E-state index contributed by atoms with van der Waals surface area (Å²) in [4.78, 5) is 16.0. The van der Waals surface area contributed by atoms with E-state index in [4.69, 9.17) is 19.6 Å². The van der Waals surface area contributed by atoms with Crippen molar-refractivity contribution in [1.29, 1.82) is 5.26 Å². The summed E-state index contributed by atoms with van der Waals surface area (Å²) in [5.41, 5.74) is 3.50. The van der Waals surface area contributed by atoms with E-state index in [-0.39, 0.29) is 18.9 Å². The maximum atomic E-state index is 11.0. The van der Waals surface area contributed by atoms with Gasteiger partial charge in [0, 0.05) is 28.8 Å². The Morgan fingerprint density at radius 3 is 2.68 bits per heavy atom. The van der Waals surface area contributed by atoms with E-state index in [1.165, 1.54) is 19.2 Å². The van der Waals surface area contributed by atoms with Crippen molar-refractivity contribution in [2.75, 3.05) is 7.11 Å². The third kappa shape index (κ3) is 6.20. The number of nitro groups is 1. The average Bonchev–Trinajstić information content (AvgIpc) is 2.86. The summed E-state index contributed by atoms with van der Waals surface area (Å²) in [7, 11) is 1.53. The fourth-order valence-corrected chi connectivity index (χ4v) is 3.26. The second kappa shape index (κ2) is 11.8. The van der Waals surface area contributed by atoms with Crippen LogP contribution in [0.2, 0.25) is 0 Å². The molecule has 34 heavy (non-hydrogen) atoms. The Morgan fingerprint density at radius 2 is 1.94 bits per heavy atom. The Balaban J connectivity index is 1.76. The minimum atomic E-state index is -0.442. The summed E-state index contributed by atoms with van der Waals surface area (Å²) in [5.74, 6) is 1.01. The third-order valence-corrected chi connectivity index (χ3v) is 4.88.